The molecule has 0 amide bonds. The average Bonchev–Trinajstić information content (AvgIpc) is 2.81. The first-order valence-electron chi connectivity index (χ1n) is 6.44. The third kappa shape index (κ3) is 2.08. The van der Waals surface area contributed by atoms with E-state index in [9.17, 15) is 0 Å². The van der Waals surface area contributed by atoms with Gasteiger partial charge in [-0.25, -0.2) is 0 Å². The first kappa shape index (κ1) is 12.1. The molecule has 0 radical (unpaired) electrons. The van der Waals surface area contributed by atoms with Crippen molar-refractivity contribution >= 4 is 0 Å². The quantitative estimate of drug-likeness (QED) is 0.919. The monoisotopic (exact) mass is 258 g/mol. The zero-order valence-corrected chi connectivity index (χ0v) is 11.2. The van der Waals surface area contributed by atoms with E-state index < -0.39 is 0 Å². The fraction of sp³-hybridized carbons (Fsp3) is 0.333. The number of fused-ring (bicyclic) bond motifs is 3. The first-order chi connectivity index (χ1) is 9.19. The molecule has 2 aromatic rings. The molecular formula is C15H18N2O2. The smallest absolute Gasteiger partial charge is 0.129 e. The summed E-state index contributed by atoms with van der Waals surface area (Å²) in [6.07, 6.45) is 2.08. The third-order valence-electron chi connectivity index (χ3n) is 3.36. The Balaban J connectivity index is 2.12. The number of benzene rings is 1. The molecule has 2 N–H and O–H groups in total. The number of aromatic nitrogens is 1. The highest BCUT2D eigenvalue weighted by Crippen LogP contribution is 2.40. The second kappa shape index (κ2) is 4.63. The summed E-state index contributed by atoms with van der Waals surface area (Å²) in [4.78, 5) is 0. The molecule has 2 heterocycles. The van der Waals surface area contributed by atoms with Gasteiger partial charge < -0.3 is 19.8 Å². The van der Waals surface area contributed by atoms with Crippen LogP contribution in [0.25, 0.3) is 11.3 Å². The number of nitrogens with zero attached hydrogens (tertiary/aromatic N) is 1. The maximum Gasteiger partial charge on any atom is 0.129 e. The molecule has 100 valence electrons. The number of rotatable bonds is 3. The van der Waals surface area contributed by atoms with Crippen molar-refractivity contribution in [1.82, 2.24) is 4.57 Å². The van der Waals surface area contributed by atoms with E-state index in [-0.39, 0.29) is 6.04 Å². The lowest BCUT2D eigenvalue weighted by atomic mass is 10.0. The van der Waals surface area contributed by atoms with Crippen LogP contribution in [0.4, 0.5) is 0 Å². The summed E-state index contributed by atoms with van der Waals surface area (Å²) in [5.74, 6) is 1.74. The molecule has 1 aliphatic rings. The fourth-order valence-electron chi connectivity index (χ4n) is 2.53. The van der Waals surface area contributed by atoms with E-state index in [1.165, 1.54) is 11.3 Å². The number of nitrogens with two attached hydrogens (primary N) is 1. The Kier molecular flexibility index (Phi) is 2.95. The van der Waals surface area contributed by atoms with Gasteiger partial charge in [-0.05, 0) is 31.2 Å². The van der Waals surface area contributed by atoms with E-state index in [0.717, 1.165) is 23.6 Å². The second-order valence-electron chi connectivity index (χ2n) is 4.97. The number of methoxy groups -OCH3 is 1. The van der Waals surface area contributed by atoms with Crippen LogP contribution in [0.3, 0.4) is 0 Å². The van der Waals surface area contributed by atoms with Gasteiger partial charge in [0.1, 0.15) is 18.1 Å². The highest BCUT2D eigenvalue weighted by Gasteiger charge is 2.21. The van der Waals surface area contributed by atoms with Crippen molar-refractivity contribution in [1.29, 1.82) is 0 Å². The van der Waals surface area contributed by atoms with Gasteiger partial charge in [0, 0.05) is 29.9 Å². The van der Waals surface area contributed by atoms with E-state index >= 15 is 0 Å². The fourth-order valence-corrected chi connectivity index (χ4v) is 2.53. The van der Waals surface area contributed by atoms with Crippen LogP contribution >= 0.6 is 0 Å². The van der Waals surface area contributed by atoms with Crippen LogP contribution in [0.2, 0.25) is 0 Å². The van der Waals surface area contributed by atoms with Crippen molar-refractivity contribution in [2.75, 3.05) is 7.11 Å². The van der Waals surface area contributed by atoms with Crippen molar-refractivity contribution in [3.05, 3.63) is 36.0 Å². The first-order valence-corrected chi connectivity index (χ1v) is 6.44. The molecule has 0 saturated heterocycles. The zero-order chi connectivity index (χ0) is 13.4. The molecule has 4 heteroatoms. The summed E-state index contributed by atoms with van der Waals surface area (Å²) < 4.78 is 13.3. The summed E-state index contributed by atoms with van der Waals surface area (Å²) in [7, 11) is 1.67. The van der Waals surface area contributed by atoms with E-state index in [4.69, 9.17) is 15.2 Å². The van der Waals surface area contributed by atoms with Gasteiger partial charge in [-0.1, -0.05) is 0 Å². The van der Waals surface area contributed by atoms with Gasteiger partial charge in [0.25, 0.3) is 0 Å². The SMILES string of the molecule is COc1ccc2c(c1)-c1c(ccn1CC(C)N)CO2. The summed E-state index contributed by atoms with van der Waals surface area (Å²) in [6, 6.07) is 8.11. The van der Waals surface area contributed by atoms with Crippen LogP contribution in [-0.2, 0) is 13.2 Å². The van der Waals surface area contributed by atoms with E-state index in [1.54, 1.807) is 7.11 Å². The predicted molar refractivity (Wildman–Crippen MR) is 74.4 cm³/mol. The molecule has 0 fully saturated rings. The Morgan fingerprint density at radius 3 is 3.00 bits per heavy atom. The van der Waals surface area contributed by atoms with E-state index in [1.807, 2.05) is 25.1 Å². The van der Waals surface area contributed by atoms with Crippen molar-refractivity contribution in [3.8, 4) is 22.8 Å². The molecule has 0 bridgehead atoms. The Hall–Kier alpha value is -1.94. The normalized spacial score (nSPS) is 14.3. The molecular weight excluding hydrogens is 240 g/mol. The molecule has 1 atom stereocenters. The number of ether oxygens (including phenoxy) is 2. The molecule has 19 heavy (non-hydrogen) atoms. The summed E-state index contributed by atoms with van der Waals surface area (Å²) in [6.45, 7) is 3.42. The molecule has 1 unspecified atom stereocenters. The maximum absolute atomic E-state index is 5.92. The summed E-state index contributed by atoms with van der Waals surface area (Å²) in [5.41, 5.74) is 9.38. The van der Waals surface area contributed by atoms with Crippen molar-refractivity contribution in [3.63, 3.8) is 0 Å². The van der Waals surface area contributed by atoms with Crippen LogP contribution in [0, 0.1) is 0 Å². The van der Waals surface area contributed by atoms with E-state index in [0.29, 0.717) is 6.61 Å². The van der Waals surface area contributed by atoms with Gasteiger partial charge in [0.05, 0.1) is 12.8 Å². The number of hydrogen-bond donors (Lipinski definition) is 1. The molecule has 1 aromatic heterocycles. The van der Waals surface area contributed by atoms with Gasteiger partial charge in [0.15, 0.2) is 0 Å². The standard InChI is InChI=1S/C15H18N2O2/c1-10(16)8-17-6-5-11-9-19-14-4-3-12(18-2)7-13(14)15(11)17/h3-7,10H,8-9,16H2,1-2H3. The Bertz CT molecular complexity index is 602. The minimum atomic E-state index is 0.119. The minimum absolute atomic E-state index is 0.119. The van der Waals surface area contributed by atoms with Crippen LogP contribution in [0.5, 0.6) is 11.5 Å². The molecule has 0 aliphatic carbocycles. The Morgan fingerprint density at radius 1 is 1.42 bits per heavy atom. The lowest BCUT2D eigenvalue weighted by Crippen LogP contribution is -2.22. The van der Waals surface area contributed by atoms with Crippen LogP contribution in [0.1, 0.15) is 12.5 Å². The topological polar surface area (TPSA) is 49.4 Å². The Morgan fingerprint density at radius 2 is 2.26 bits per heavy atom. The Labute approximate surface area is 112 Å². The zero-order valence-electron chi connectivity index (χ0n) is 11.2. The van der Waals surface area contributed by atoms with Gasteiger partial charge in [-0.2, -0.15) is 0 Å². The van der Waals surface area contributed by atoms with Crippen LogP contribution in [0.15, 0.2) is 30.5 Å². The lowest BCUT2D eigenvalue weighted by Gasteiger charge is -2.21. The van der Waals surface area contributed by atoms with E-state index in [2.05, 4.69) is 16.8 Å². The summed E-state index contributed by atoms with van der Waals surface area (Å²) >= 11 is 0. The van der Waals surface area contributed by atoms with Gasteiger partial charge in [-0.15, -0.1) is 0 Å². The molecule has 1 aromatic carbocycles. The molecule has 0 spiro atoms. The third-order valence-corrected chi connectivity index (χ3v) is 3.36. The van der Waals surface area contributed by atoms with Crippen molar-refractivity contribution in [2.24, 2.45) is 5.73 Å². The largest absolute Gasteiger partial charge is 0.497 e. The molecule has 0 saturated carbocycles. The van der Waals surface area contributed by atoms with Gasteiger partial charge >= 0.3 is 0 Å². The van der Waals surface area contributed by atoms with Crippen molar-refractivity contribution < 1.29 is 9.47 Å². The second-order valence-corrected chi connectivity index (χ2v) is 4.97. The predicted octanol–water partition coefficient (Wildman–Crippen LogP) is 2.40. The average molecular weight is 258 g/mol. The van der Waals surface area contributed by atoms with Gasteiger partial charge in [-0.3, -0.25) is 0 Å². The van der Waals surface area contributed by atoms with Crippen molar-refractivity contribution in [2.45, 2.75) is 26.1 Å². The highest BCUT2D eigenvalue weighted by atomic mass is 16.5. The molecule has 4 nitrogen and oxygen atoms in total. The summed E-state index contributed by atoms with van der Waals surface area (Å²) in [5, 5.41) is 0. The minimum Gasteiger partial charge on any atom is -0.497 e. The van der Waals surface area contributed by atoms with Crippen LogP contribution < -0.4 is 15.2 Å². The van der Waals surface area contributed by atoms with Crippen LogP contribution in [-0.4, -0.2) is 17.7 Å². The molecule has 3 rings (SSSR count). The molecule has 1 aliphatic heterocycles. The number of hydrogen-bond acceptors (Lipinski definition) is 3. The highest BCUT2D eigenvalue weighted by molar-refractivity contribution is 5.74. The van der Waals surface area contributed by atoms with Gasteiger partial charge in [0.2, 0.25) is 0 Å². The maximum atomic E-state index is 5.92. The lowest BCUT2D eigenvalue weighted by molar-refractivity contribution is 0.300.